The molecule has 0 aromatic carbocycles. The van der Waals surface area contributed by atoms with Crippen molar-refractivity contribution in [2.75, 3.05) is 13.2 Å². The molecular weight excluding hydrogens is 196 g/mol. The third-order valence-electron chi connectivity index (χ3n) is 1.57. The smallest absolute Gasteiger partial charge is 0.330 e. The predicted molar refractivity (Wildman–Crippen MR) is 57.3 cm³/mol. The van der Waals surface area contributed by atoms with Gasteiger partial charge in [0.15, 0.2) is 0 Å². The molecule has 0 saturated carbocycles. The summed E-state index contributed by atoms with van der Waals surface area (Å²) in [4.78, 5) is 10.7. The zero-order valence-corrected chi connectivity index (χ0v) is 9.27. The first-order valence-electron chi connectivity index (χ1n) is 4.77. The molecular formula is C11H18O4. The van der Waals surface area contributed by atoms with E-state index in [1.165, 1.54) is 6.26 Å². The lowest BCUT2D eigenvalue weighted by Crippen LogP contribution is -2.23. The molecule has 0 amide bonds. The monoisotopic (exact) mass is 214 g/mol. The summed E-state index contributed by atoms with van der Waals surface area (Å²) in [5, 5.41) is 0. The lowest BCUT2D eigenvalue weighted by atomic mass is 10.4. The van der Waals surface area contributed by atoms with Crippen LogP contribution in [0.15, 0.2) is 25.5 Å². The average molecular weight is 214 g/mol. The second-order valence-electron chi connectivity index (χ2n) is 3.09. The van der Waals surface area contributed by atoms with Crippen molar-refractivity contribution in [3.63, 3.8) is 0 Å². The third kappa shape index (κ3) is 7.76. The van der Waals surface area contributed by atoms with Gasteiger partial charge in [0.2, 0.25) is 0 Å². The summed E-state index contributed by atoms with van der Waals surface area (Å²) in [6.07, 6.45) is 2.27. The van der Waals surface area contributed by atoms with E-state index in [-0.39, 0.29) is 18.8 Å². The van der Waals surface area contributed by atoms with Gasteiger partial charge >= 0.3 is 5.97 Å². The van der Waals surface area contributed by atoms with Gasteiger partial charge in [0.1, 0.15) is 12.7 Å². The van der Waals surface area contributed by atoms with Crippen LogP contribution in [0.4, 0.5) is 0 Å². The Hall–Kier alpha value is -1.29. The Morgan fingerprint density at radius 1 is 1.27 bits per heavy atom. The van der Waals surface area contributed by atoms with Crippen LogP contribution in [0.2, 0.25) is 0 Å². The van der Waals surface area contributed by atoms with Gasteiger partial charge in [-0.2, -0.15) is 0 Å². The van der Waals surface area contributed by atoms with Gasteiger partial charge in [-0.15, -0.1) is 0 Å². The van der Waals surface area contributed by atoms with E-state index in [4.69, 9.17) is 14.2 Å². The Kier molecular flexibility index (Phi) is 7.36. The second kappa shape index (κ2) is 8.05. The minimum atomic E-state index is -0.444. The maximum Gasteiger partial charge on any atom is 0.330 e. The van der Waals surface area contributed by atoms with E-state index in [9.17, 15) is 4.79 Å². The van der Waals surface area contributed by atoms with Gasteiger partial charge < -0.3 is 14.2 Å². The molecule has 15 heavy (non-hydrogen) atoms. The van der Waals surface area contributed by atoms with Crippen LogP contribution in [0.1, 0.15) is 13.8 Å². The number of hydrogen-bond acceptors (Lipinski definition) is 4. The molecule has 4 nitrogen and oxygen atoms in total. The number of hydrogen-bond donors (Lipinski definition) is 0. The molecule has 0 aliphatic rings. The standard InChI is InChI=1S/C11H18O4/c1-5-11(12)15-8-10(4)14-7-9(3)13-6-2/h5-6,9-10H,1-2,7-8H2,3-4H3. The van der Waals surface area contributed by atoms with Crippen LogP contribution in [-0.4, -0.2) is 31.4 Å². The highest BCUT2D eigenvalue weighted by molar-refractivity contribution is 5.81. The van der Waals surface area contributed by atoms with Crippen molar-refractivity contribution in [2.24, 2.45) is 0 Å². The van der Waals surface area contributed by atoms with Crippen molar-refractivity contribution >= 4 is 5.97 Å². The Morgan fingerprint density at radius 3 is 2.47 bits per heavy atom. The molecule has 0 radical (unpaired) electrons. The maximum atomic E-state index is 10.7. The highest BCUT2D eigenvalue weighted by atomic mass is 16.6. The van der Waals surface area contributed by atoms with Gasteiger partial charge in [0.05, 0.1) is 19.0 Å². The molecule has 2 atom stereocenters. The van der Waals surface area contributed by atoms with Crippen LogP contribution >= 0.6 is 0 Å². The van der Waals surface area contributed by atoms with E-state index in [0.29, 0.717) is 6.61 Å². The summed E-state index contributed by atoms with van der Waals surface area (Å²) in [6.45, 7) is 11.1. The van der Waals surface area contributed by atoms with Gasteiger partial charge in [-0.05, 0) is 13.8 Å². The molecule has 0 bridgehead atoms. The first kappa shape index (κ1) is 13.7. The van der Waals surface area contributed by atoms with Gasteiger partial charge in [-0.1, -0.05) is 13.2 Å². The normalized spacial score (nSPS) is 13.7. The molecule has 0 aliphatic carbocycles. The Balaban J connectivity index is 3.56. The van der Waals surface area contributed by atoms with E-state index >= 15 is 0 Å². The number of esters is 1. The minimum absolute atomic E-state index is 0.0555. The molecule has 0 rings (SSSR count). The van der Waals surface area contributed by atoms with Gasteiger partial charge in [-0.3, -0.25) is 0 Å². The lowest BCUT2D eigenvalue weighted by Gasteiger charge is -2.16. The van der Waals surface area contributed by atoms with Crippen molar-refractivity contribution in [3.05, 3.63) is 25.5 Å². The Morgan fingerprint density at radius 2 is 1.93 bits per heavy atom. The summed E-state index contributed by atoms with van der Waals surface area (Å²) in [7, 11) is 0. The summed E-state index contributed by atoms with van der Waals surface area (Å²) < 4.78 is 15.2. The molecule has 0 aliphatic heterocycles. The SMILES string of the molecule is C=COC(C)COC(C)COC(=O)C=C. The summed E-state index contributed by atoms with van der Waals surface area (Å²) in [5.41, 5.74) is 0. The van der Waals surface area contributed by atoms with Crippen molar-refractivity contribution in [2.45, 2.75) is 26.1 Å². The fourth-order valence-corrected chi connectivity index (χ4v) is 0.810. The zero-order valence-electron chi connectivity index (χ0n) is 9.27. The van der Waals surface area contributed by atoms with Crippen molar-refractivity contribution in [1.82, 2.24) is 0 Å². The van der Waals surface area contributed by atoms with E-state index < -0.39 is 5.97 Å². The quantitative estimate of drug-likeness (QED) is 0.350. The fraction of sp³-hybridized carbons (Fsp3) is 0.545. The van der Waals surface area contributed by atoms with Crippen LogP contribution < -0.4 is 0 Å². The molecule has 0 saturated heterocycles. The molecule has 0 aromatic heterocycles. The molecule has 0 heterocycles. The van der Waals surface area contributed by atoms with Crippen LogP contribution in [0.25, 0.3) is 0 Å². The summed E-state index contributed by atoms with van der Waals surface area (Å²) in [5.74, 6) is -0.444. The molecule has 0 fully saturated rings. The van der Waals surface area contributed by atoms with Crippen molar-refractivity contribution in [1.29, 1.82) is 0 Å². The Labute approximate surface area is 90.5 Å². The van der Waals surface area contributed by atoms with Crippen LogP contribution in [0.5, 0.6) is 0 Å². The number of rotatable bonds is 8. The van der Waals surface area contributed by atoms with Gasteiger partial charge in [0, 0.05) is 6.08 Å². The third-order valence-corrected chi connectivity index (χ3v) is 1.57. The van der Waals surface area contributed by atoms with Crippen molar-refractivity contribution < 1.29 is 19.0 Å². The van der Waals surface area contributed by atoms with Crippen molar-refractivity contribution in [3.8, 4) is 0 Å². The second-order valence-corrected chi connectivity index (χ2v) is 3.09. The molecule has 4 heteroatoms. The van der Waals surface area contributed by atoms with E-state index in [0.717, 1.165) is 6.08 Å². The van der Waals surface area contributed by atoms with Gasteiger partial charge in [-0.25, -0.2) is 4.79 Å². The minimum Gasteiger partial charge on any atom is -0.497 e. The van der Waals surface area contributed by atoms with Crippen LogP contribution in [0, 0.1) is 0 Å². The average Bonchev–Trinajstić information content (AvgIpc) is 2.23. The number of carbonyl (C=O) groups excluding carboxylic acids is 1. The van der Waals surface area contributed by atoms with Gasteiger partial charge in [0.25, 0.3) is 0 Å². The van der Waals surface area contributed by atoms with E-state index in [1.54, 1.807) is 0 Å². The van der Waals surface area contributed by atoms with Crippen LogP contribution in [0.3, 0.4) is 0 Å². The summed E-state index contributed by atoms with van der Waals surface area (Å²) >= 11 is 0. The zero-order chi connectivity index (χ0) is 11.7. The van der Waals surface area contributed by atoms with E-state index in [1.807, 2.05) is 13.8 Å². The first-order chi connectivity index (χ1) is 7.10. The number of ether oxygens (including phenoxy) is 3. The maximum absolute atomic E-state index is 10.7. The highest BCUT2D eigenvalue weighted by Gasteiger charge is 2.07. The molecule has 0 spiro atoms. The highest BCUT2D eigenvalue weighted by Crippen LogP contribution is 1.98. The van der Waals surface area contributed by atoms with Crippen LogP contribution in [-0.2, 0) is 19.0 Å². The summed E-state index contributed by atoms with van der Waals surface area (Å²) in [6, 6.07) is 0. The molecule has 2 unspecified atom stereocenters. The molecule has 0 N–H and O–H groups in total. The fourth-order valence-electron chi connectivity index (χ4n) is 0.810. The molecule has 0 aromatic rings. The predicted octanol–water partition coefficient (Wildman–Crippen LogP) is 1.67. The Bertz CT molecular complexity index is 213. The number of carbonyl (C=O) groups is 1. The van der Waals surface area contributed by atoms with E-state index in [2.05, 4.69) is 13.2 Å². The topological polar surface area (TPSA) is 44.8 Å². The molecule has 86 valence electrons. The first-order valence-corrected chi connectivity index (χ1v) is 4.77. The largest absolute Gasteiger partial charge is 0.497 e. The lowest BCUT2D eigenvalue weighted by molar-refractivity contribution is -0.142.